The van der Waals surface area contributed by atoms with Crippen molar-refractivity contribution in [3.8, 4) is 0 Å². The van der Waals surface area contributed by atoms with E-state index < -0.39 is 74.2 Å². The summed E-state index contributed by atoms with van der Waals surface area (Å²) >= 11 is 0. The number of allylic oxidation sites excluding steroid dienone is 6. The van der Waals surface area contributed by atoms with Crippen LogP contribution in [0.1, 0.15) is 296 Å². The van der Waals surface area contributed by atoms with E-state index in [1.165, 1.54) is 205 Å². The van der Waals surface area contributed by atoms with Crippen LogP contribution in [0.15, 0.2) is 36.5 Å². The summed E-state index contributed by atoms with van der Waals surface area (Å²) in [5.74, 6) is -0.708. The number of amides is 1. The number of hydrogen-bond donors (Lipinski definition) is 8. The normalized spacial score (nSPS) is 19.9. The Kier molecular flexibility index (Phi) is 50.4. The SMILES string of the molecule is CCCCCCCCCCCCCCCCC/C=C/CC/C=C/CC/C=C/CCCC(O)C(O)C(COC1OC(CO)C(O)C(O)C1O)NC(=O)C(O)CCCCCCCCCCCCCCCCCCCCCC. The monoisotopic (exact) mass is 1060 g/mol. The highest BCUT2D eigenvalue weighted by Gasteiger charge is 2.44. The maximum absolute atomic E-state index is 13.2. The molecule has 11 heteroatoms. The number of carbonyl (C=O) groups excluding carboxylic acids is 1. The van der Waals surface area contributed by atoms with Crippen molar-refractivity contribution in [3.63, 3.8) is 0 Å². The smallest absolute Gasteiger partial charge is 0.249 e. The molecule has 442 valence electrons. The maximum Gasteiger partial charge on any atom is 0.249 e. The van der Waals surface area contributed by atoms with Crippen molar-refractivity contribution in [3.05, 3.63) is 36.5 Å². The molecule has 1 saturated heterocycles. The van der Waals surface area contributed by atoms with E-state index in [4.69, 9.17) is 9.47 Å². The topological polar surface area (TPSA) is 189 Å². The van der Waals surface area contributed by atoms with Gasteiger partial charge in [0.25, 0.3) is 0 Å². The first kappa shape index (κ1) is 71.3. The number of hydrogen-bond acceptors (Lipinski definition) is 10. The van der Waals surface area contributed by atoms with Gasteiger partial charge in [-0.3, -0.25) is 4.79 Å². The van der Waals surface area contributed by atoms with Gasteiger partial charge in [0.05, 0.1) is 25.4 Å². The summed E-state index contributed by atoms with van der Waals surface area (Å²) in [5, 5.41) is 76.3. The zero-order chi connectivity index (χ0) is 54.7. The Labute approximate surface area is 460 Å². The Bertz CT molecular complexity index is 1310. The Balaban J connectivity index is 2.29. The van der Waals surface area contributed by atoms with Crippen LogP contribution in [-0.2, 0) is 14.3 Å². The van der Waals surface area contributed by atoms with Gasteiger partial charge in [-0.15, -0.1) is 0 Å². The Morgan fingerprint density at radius 2 is 0.800 bits per heavy atom. The number of nitrogens with one attached hydrogen (secondary N) is 1. The van der Waals surface area contributed by atoms with E-state index >= 15 is 0 Å². The number of rotatable bonds is 55. The van der Waals surface area contributed by atoms with Crippen molar-refractivity contribution in [2.75, 3.05) is 13.2 Å². The fourth-order valence-corrected chi connectivity index (χ4v) is 10.2. The lowest BCUT2D eigenvalue weighted by Crippen LogP contribution is -2.60. The second-order valence-corrected chi connectivity index (χ2v) is 22.5. The quantitative estimate of drug-likeness (QED) is 0.0215. The molecule has 8 N–H and O–H groups in total. The number of unbranched alkanes of at least 4 members (excludes halogenated alkanes) is 37. The zero-order valence-corrected chi connectivity index (χ0v) is 48.5. The van der Waals surface area contributed by atoms with Crippen LogP contribution < -0.4 is 5.32 Å². The maximum atomic E-state index is 13.2. The third-order valence-electron chi connectivity index (χ3n) is 15.4. The van der Waals surface area contributed by atoms with Crippen LogP contribution in [0.25, 0.3) is 0 Å². The molecule has 0 aromatic heterocycles. The summed E-state index contributed by atoms with van der Waals surface area (Å²) < 4.78 is 11.1. The average Bonchev–Trinajstić information content (AvgIpc) is 3.41. The molecule has 11 nitrogen and oxygen atoms in total. The summed E-state index contributed by atoms with van der Waals surface area (Å²) in [6.07, 6.45) is 55.0. The van der Waals surface area contributed by atoms with Gasteiger partial charge in [0.1, 0.15) is 36.6 Å². The van der Waals surface area contributed by atoms with Crippen molar-refractivity contribution < 1.29 is 50.0 Å². The standard InChI is InChI=1S/C64H121NO10/c1-3-5-7-9-11-13-15-17-19-21-23-25-26-27-28-29-30-31-32-34-35-37-39-41-43-45-47-49-51-56(67)59(69)55(54-74-64-62(72)61(71)60(70)58(53-66)75-64)65-63(73)57(68)52-50-48-46-44-42-40-38-36-33-24-22-20-18-16-14-12-10-8-6-4-2/h30-31,35,37,43,45,55-62,64,66-72H,3-29,32-34,36,38-42,44,46-54H2,1-2H3,(H,65,73)/b31-30+,37-35+,45-43+. The van der Waals surface area contributed by atoms with Crippen LogP contribution in [0.3, 0.4) is 0 Å². The number of ether oxygens (including phenoxy) is 2. The van der Waals surface area contributed by atoms with Gasteiger partial charge in [0.2, 0.25) is 5.91 Å². The van der Waals surface area contributed by atoms with E-state index in [1.54, 1.807) is 0 Å². The molecule has 1 heterocycles. The summed E-state index contributed by atoms with van der Waals surface area (Å²) in [6.45, 7) is 3.47. The molecule has 1 amide bonds. The lowest BCUT2D eigenvalue weighted by Gasteiger charge is -2.40. The molecule has 0 radical (unpaired) electrons. The largest absolute Gasteiger partial charge is 0.394 e. The summed E-state index contributed by atoms with van der Waals surface area (Å²) in [7, 11) is 0. The van der Waals surface area contributed by atoms with Gasteiger partial charge in [0, 0.05) is 0 Å². The molecule has 1 aliphatic heterocycles. The molecular formula is C64H121NO10. The predicted molar refractivity (Wildman–Crippen MR) is 312 cm³/mol. The first-order chi connectivity index (χ1) is 36.7. The fourth-order valence-electron chi connectivity index (χ4n) is 10.2. The van der Waals surface area contributed by atoms with Crippen molar-refractivity contribution in [2.45, 2.75) is 351 Å². The molecule has 0 aromatic rings. The fraction of sp³-hybridized carbons (Fsp3) is 0.891. The van der Waals surface area contributed by atoms with E-state index in [0.29, 0.717) is 19.3 Å². The molecule has 1 rings (SSSR count). The highest BCUT2D eigenvalue weighted by Crippen LogP contribution is 2.23. The second kappa shape index (κ2) is 53.0. The summed E-state index contributed by atoms with van der Waals surface area (Å²) in [6, 6.07) is -1.19. The predicted octanol–water partition coefficient (Wildman–Crippen LogP) is 14.2. The Hall–Kier alpha value is -1.67. The molecule has 9 unspecified atom stereocenters. The molecule has 9 atom stereocenters. The average molecular weight is 1060 g/mol. The van der Waals surface area contributed by atoms with Crippen LogP contribution >= 0.6 is 0 Å². The highest BCUT2D eigenvalue weighted by atomic mass is 16.7. The van der Waals surface area contributed by atoms with Gasteiger partial charge in [-0.2, -0.15) is 0 Å². The second-order valence-electron chi connectivity index (χ2n) is 22.5. The molecule has 0 bridgehead atoms. The van der Waals surface area contributed by atoms with Crippen LogP contribution in [0.5, 0.6) is 0 Å². The van der Waals surface area contributed by atoms with Gasteiger partial charge < -0.3 is 50.5 Å². The number of carbonyl (C=O) groups is 1. The van der Waals surface area contributed by atoms with E-state index in [-0.39, 0.29) is 12.8 Å². The van der Waals surface area contributed by atoms with Crippen LogP contribution in [0.4, 0.5) is 0 Å². The van der Waals surface area contributed by atoms with Crippen molar-refractivity contribution in [1.82, 2.24) is 5.32 Å². The van der Waals surface area contributed by atoms with E-state index in [2.05, 4.69) is 55.6 Å². The van der Waals surface area contributed by atoms with Gasteiger partial charge in [-0.25, -0.2) is 0 Å². The molecule has 1 fully saturated rings. The van der Waals surface area contributed by atoms with Crippen molar-refractivity contribution >= 4 is 5.91 Å². The summed E-state index contributed by atoms with van der Waals surface area (Å²) in [5.41, 5.74) is 0. The minimum atomic E-state index is -1.67. The van der Waals surface area contributed by atoms with E-state index in [0.717, 1.165) is 44.9 Å². The Morgan fingerprint density at radius 1 is 0.453 bits per heavy atom. The molecule has 75 heavy (non-hydrogen) atoms. The molecule has 1 aliphatic rings. The summed E-state index contributed by atoms with van der Waals surface area (Å²) in [4.78, 5) is 13.2. The minimum absolute atomic E-state index is 0.243. The lowest BCUT2D eigenvalue weighted by molar-refractivity contribution is -0.303. The van der Waals surface area contributed by atoms with Gasteiger partial charge >= 0.3 is 0 Å². The van der Waals surface area contributed by atoms with Crippen LogP contribution in [0.2, 0.25) is 0 Å². The van der Waals surface area contributed by atoms with E-state index in [9.17, 15) is 40.5 Å². The van der Waals surface area contributed by atoms with E-state index in [1.807, 2.05) is 0 Å². The van der Waals surface area contributed by atoms with Crippen molar-refractivity contribution in [2.24, 2.45) is 0 Å². The molecule has 0 saturated carbocycles. The molecule has 0 aliphatic carbocycles. The highest BCUT2D eigenvalue weighted by molar-refractivity contribution is 5.80. The molecule has 0 spiro atoms. The zero-order valence-electron chi connectivity index (χ0n) is 48.5. The van der Waals surface area contributed by atoms with Crippen LogP contribution in [0, 0.1) is 0 Å². The van der Waals surface area contributed by atoms with Gasteiger partial charge in [0.15, 0.2) is 6.29 Å². The van der Waals surface area contributed by atoms with Crippen LogP contribution in [-0.4, -0.2) is 110 Å². The lowest BCUT2D eigenvalue weighted by atomic mass is 9.98. The third kappa shape index (κ3) is 41.1. The number of aliphatic hydroxyl groups excluding tert-OH is 7. The van der Waals surface area contributed by atoms with Gasteiger partial charge in [-0.05, 0) is 64.2 Å². The molecular weight excluding hydrogens is 943 g/mol. The Morgan fingerprint density at radius 3 is 1.19 bits per heavy atom. The molecule has 0 aromatic carbocycles. The first-order valence-electron chi connectivity index (χ1n) is 31.9. The number of aliphatic hydroxyl groups is 7. The minimum Gasteiger partial charge on any atom is -0.394 e. The first-order valence-corrected chi connectivity index (χ1v) is 31.9. The third-order valence-corrected chi connectivity index (χ3v) is 15.4. The van der Waals surface area contributed by atoms with Gasteiger partial charge in [-0.1, -0.05) is 269 Å². The van der Waals surface area contributed by atoms with Crippen molar-refractivity contribution in [1.29, 1.82) is 0 Å².